The zero-order valence-corrected chi connectivity index (χ0v) is 57.7. The van der Waals surface area contributed by atoms with E-state index in [9.17, 15) is 117 Å². The number of aliphatic hydroxyl groups excluding tert-OH is 1. The van der Waals surface area contributed by atoms with Crippen LogP contribution in [0.1, 0.15) is 68.6 Å². The molecule has 13 amide bonds. The summed E-state index contributed by atoms with van der Waals surface area (Å²) in [7, 11) is 0. The van der Waals surface area contributed by atoms with E-state index in [1.54, 1.807) is 30.3 Å². The number of thiol groups is 2. The highest BCUT2D eigenvalue weighted by Gasteiger charge is 2.41. The molecule has 0 unspecified atom stereocenters. The zero-order chi connectivity index (χ0) is 77.3. The monoisotopic (exact) mass is 1500 g/mol. The predicted octanol–water partition coefficient (Wildman–Crippen LogP) is -6.68. The number of carboxylic acid groups (broad SMARTS) is 4. The fourth-order valence-corrected chi connectivity index (χ4v) is 10.6. The molecule has 0 spiro atoms. The van der Waals surface area contributed by atoms with Gasteiger partial charge in [0, 0.05) is 50.2 Å². The predicted molar refractivity (Wildman–Crippen MR) is 367 cm³/mol. The summed E-state index contributed by atoms with van der Waals surface area (Å²) in [5.74, 6) is -20.9. The van der Waals surface area contributed by atoms with Crippen LogP contribution in [0, 0.1) is 0 Å². The molecule has 3 aromatic rings. The third-order valence-corrected chi connectivity index (χ3v) is 16.3. The van der Waals surface area contributed by atoms with Crippen molar-refractivity contribution >= 4 is 126 Å². The van der Waals surface area contributed by atoms with Gasteiger partial charge in [0.1, 0.15) is 78.0 Å². The number of nitrogens with zero attached hydrogens (tertiary/aromatic N) is 1. The van der Waals surface area contributed by atoms with Crippen LogP contribution in [0.4, 0.5) is 0 Å². The Bertz CT molecular complexity index is 3580. The number of phenols is 2. The van der Waals surface area contributed by atoms with Gasteiger partial charge in [-0.25, -0.2) is 4.79 Å². The van der Waals surface area contributed by atoms with E-state index in [2.05, 4.69) is 89.1 Å². The number of nitrogens with two attached hydrogens (primary N) is 1. The van der Waals surface area contributed by atoms with Gasteiger partial charge in [0.25, 0.3) is 0 Å². The summed E-state index contributed by atoms with van der Waals surface area (Å²) >= 11 is 8.33. The van der Waals surface area contributed by atoms with Crippen LogP contribution in [0.2, 0.25) is 0 Å². The van der Waals surface area contributed by atoms with Crippen molar-refractivity contribution in [2.45, 2.75) is 138 Å². The number of aliphatic carboxylic acids is 4. The van der Waals surface area contributed by atoms with Crippen molar-refractivity contribution in [3.8, 4) is 11.5 Å². The van der Waals surface area contributed by atoms with Crippen molar-refractivity contribution in [3.63, 3.8) is 0 Å². The van der Waals surface area contributed by atoms with Crippen molar-refractivity contribution in [2.75, 3.05) is 44.3 Å². The maximum Gasteiger partial charge on any atom is 0.326 e. The normalized spacial score (nSPS) is 15.2. The number of phenolic OH excluding ortho intramolecular Hbond substituents is 2. The van der Waals surface area contributed by atoms with Gasteiger partial charge < -0.3 is 110 Å². The number of hydrogen-bond acceptors (Lipinski definition) is 23. The van der Waals surface area contributed by atoms with Gasteiger partial charge in [-0.1, -0.05) is 54.6 Å². The van der Waals surface area contributed by atoms with Gasteiger partial charge in [0.05, 0.1) is 32.7 Å². The summed E-state index contributed by atoms with van der Waals surface area (Å²) in [6.45, 7) is -2.00. The number of benzene rings is 3. The summed E-state index contributed by atoms with van der Waals surface area (Å²) in [6.07, 6.45) is -5.11. The Morgan fingerprint density at radius 3 is 1.39 bits per heavy atom. The van der Waals surface area contributed by atoms with Crippen LogP contribution in [0.5, 0.6) is 11.5 Å². The highest BCUT2D eigenvalue weighted by Crippen LogP contribution is 2.22. The maximum atomic E-state index is 14.8. The van der Waals surface area contributed by atoms with E-state index in [1.165, 1.54) is 55.5 Å². The van der Waals surface area contributed by atoms with E-state index in [1.807, 2.05) is 0 Å². The lowest BCUT2D eigenvalue weighted by Crippen LogP contribution is -2.61. The minimum absolute atomic E-state index is 0.0881. The molecule has 4 rings (SSSR count). The quantitative estimate of drug-likeness (QED) is 0.0234. The Balaban J connectivity index is 1.49. The second kappa shape index (κ2) is 43.0. The minimum Gasteiger partial charge on any atom is -0.508 e. The molecule has 3 aromatic carbocycles. The van der Waals surface area contributed by atoms with Gasteiger partial charge in [0.15, 0.2) is 0 Å². The second-order valence-corrected chi connectivity index (χ2v) is 24.3. The fourth-order valence-electron chi connectivity index (χ4n) is 10.1. The Hall–Kier alpha value is -11.1. The standard InChI is InChI=1S/C64H84N14O24S2/c1-32(54(91)76-45(30-103)61(98)75-43(64(101)102)24-35-11-15-37(81)16-12-35)68-49(83)28-67-55(92)38(17-19-51(85)86)70-56(93)39(18-20-52(87)88)71-58(95)41(25-53(89)90)73-62(99)47-8-5-21-78(47)63(100)42(23-33-6-3-2-4-7-33)74-60(97)46(31-104)77-57(94)40(22-34-9-13-36(80)14-10-34)72-59(96)44(29-79)69-50(84)27-66-48(82)26-65/h2-4,6-7,9-16,32,38-47,79-81,103-104H,5,8,17-31,65H2,1H3,(H,66,82)(H,67,92)(H,68,83)(H,69,84)(H,70,93)(H,71,95)(H,72,96)(H,73,99)(H,74,97)(H,75,98)(H,76,91)(H,77,94)(H,85,86)(H,87,88)(H,89,90)(H,101,102)/t32-,38-,39-,40-,41-,42-,43-,44-,45-,46-,47-/m0/s1. The topological polar surface area (TPSA) is 605 Å². The number of amides is 13. The van der Waals surface area contributed by atoms with Crippen molar-refractivity contribution < 1.29 is 117 Å². The van der Waals surface area contributed by atoms with Crippen molar-refractivity contribution in [3.05, 3.63) is 95.6 Å². The smallest absolute Gasteiger partial charge is 0.326 e. The van der Waals surface area contributed by atoms with E-state index < -0.39 is 231 Å². The number of carbonyl (C=O) groups excluding carboxylic acids is 13. The summed E-state index contributed by atoms with van der Waals surface area (Å²) in [6, 6.07) is 0.808. The van der Waals surface area contributed by atoms with Crippen LogP contribution < -0.4 is 69.5 Å². The number of rotatable bonds is 43. The molecule has 1 saturated heterocycles. The highest BCUT2D eigenvalue weighted by atomic mass is 32.1. The Morgan fingerprint density at radius 1 is 0.462 bits per heavy atom. The number of likely N-dealkylation sites (tertiary alicyclic amines) is 1. The van der Waals surface area contributed by atoms with Gasteiger partial charge in [0.2, 0.25) is 76.8 Å². The first-order valence-corrected chi connectivity index (χ1v) is 33.4. The molecule has 1 aliphatic heterocycles. The molecule has 38 nitrogen and oxygen atoms in total. The van der Waals surface area contributed by atoms with Crippen LogP contribution in [-0.2, 0) is 101 Å². The molecule has 11 atom stereocenters. The minimum atomic E-state index is -2.09. The van der Waals surface area contributed by atoms with E-state index in [0.717, 1.165) is 4.90 Å². The second-order valence-electron chi connectivity index (χ2n) is 23.6. The first kappa shape index (κ1) is 85.3. The fraction of sp³-hybridized carbons (Fsp3) is 0.453. The van der Waals surface area contributed by atoms with Gasteiger partial charge in [-0.3, -0.25) is 76.7 Å². The van der Waals surface area contributed by atoms with Crippen LogP contribution in [0.3, 0.4) is 0 Å². The number of carbonyl (C=O) groups is 17. The Morgan fingerprint density at radius 2 is 0.885 bits per heavy atom. The van der Waals surface area contributed by atoms with Crippen molar-refractivity contribution in [2.24, 2.45) is 5.73 Å². The summed E-state index contributed by atoms with van der Waals surface area (Å²) < 4.78 is 0. The molecule has 1 aliphatic rings. The van der Waals surface area contributed by atoms with Crippen LogP contribution in [0.15, 0.2) is 78.9 Å². The van der Waals surface area contributed by atoms with Gasteiger partial charge in [-0.2, -0.15) is 25.3 Å². The number of nitrogens with one attached hydrogen (secondary N) is 12. The molecule has 0 aromatic heterocycles. The SMILES string of the molecule is C[C@H](NC(=O)CNC(=O)[C@H](CCC(=O)O)NC(=O)[C@H](CCC(=O)O)NC(=O)[C@H](CC(=O)O)NC(=O)[C@@H]1CCCN1C(=O)[C@H](Cc1ccccc1)NC(=O)[C@H](CS)NC(=O)[C@H](Cc1ccc(O)cc1)NC(=O)[C@H](CO)NC(=O)CNC(=O)CN)C(=O)N[C@@H](CS)C(=O)N[C@@H](Cc1ccc(O)cc1)C(=O)O. The Kier molecular flexibility index (Phi) is 35.2. The van der Waals surface area contributed by atoms with E-state index >= 15 is 0 Å². The lowest BCUT2D eigenvalue weighted by Gasteiger charge is -2.31. The molecule has 0 radical (unpaired) electrons. The third-order valence-electron chi connectivity index (χ3n) is 15.6. The number of aliphatic hydroxyl groups is 1. The lowest BCUT2D eigenvalue weighted by molar-refractivity contribution is -0.144. The van der Waals surface area contributed by atoms with Crippen LogP contribution in [-0.4, -0.2) is 252 Å². The number of aromatic hydroxyl groups is 2. The number of hydrogen-bond donors (Lipinski definition) is 22. The van der Waals surface area contributed by atoms with Gasteiger partial charge in [-0.05, 0) is 73.6 Å². The molecule has 1 heterocycles. The largest absolute Gasteiger partial charge is 0.508 e. The molecule has 0 saturated carbocycles. The van der Waals surface area contributed by atoms with Crippen LogP contribution in [0.25, 0.3) is 0 Å². The molecule has 40 heteroatoms. The average Bonchev–Trinajstić information content (AvgIpc) is 1.74. The molecular formula is C64H84N14O24S2. The molecule has 0 aliphatic carbocycles. The van der Waals surface area contributed by atoms with Crippen LogP contribution >= 0.6 is 25.3 Å². The summed E-state index contributed by atoms with van der Waals surface area (Å²) in [5, 5.41) is 95.8. The first-order valence-electron chi connectivity index (χ1n) is 32.1. The van der Waals surface area contributed by atoms with Crippen molar-refractivity contribution in [1.29, 1.82) is 0 Å². The zero-order valence-electron chi connectivity index (χ0n) is 55.9. The third kappa shape index (κ3) is 29.1. The average molecular weight is 1500 g/mol. The van der Waals surface area contributed by atoms with E-state index in [-0.39, 0.29) is 55.9 Å². The lowest BCUT2D eigenvalue weighted by atomic mass is 10.0. The number of carboxylic acids is 4. The molecule has 1 fully saturated rings. The first-order chi connectivity index (χ1) is 49.2. The van der Waals surface area contributed by atoms with Gasteiger partial charge >= 0.3 is 23.9 Å². The summed E-state index contributed by atoms with van der Waals surface area (Å²) in [5.41, 5.74) is 6.51. The molecule has 566 valence electrons. The maximum absolute atomic E-state index is 14.8. The Labute approximate surface area is 604 Å². The molecular weight excluding hydrogens is 1410 g/mol. The van der Waals surface area contributed by atoms with Gasteiger partial charge in [-0.15, -0.1) is 0 Å². The van der Waals surface area contributed by atoms with Crippen molar-refractivity contribution in [1.82, 2.24) is 68.7 Å². The highest BCUT2D eigenvalue weighted by molar-refractivity contribution is 7.80. The molecule has 0 bridgehead atoms. The van der Waals surface area contributed by atoms with E-state index in [0.29, 0.717) is 16.7 Å². The molecule has 104 heavy (non-hydrogen) atoms. The summed E-state index contributed by atoms with van der Waals surface area (Å²) in [4.78, 5) is 225. The molecule has 21 N–H and O–H groups in total. The van der Waals surface area contributed by atoms with E-state index in [4.69, 9.17) is 5.73 Å².